The molecule has 9 nitrogen and oxygen atoms in total. The van der Waals surface area contributed by atoms with Crippen molar-refractivity contribution in [2.75, 3.05) is 51.3 Å². The van der Waals surface area contributed by atoms with Gasteiger partial charge in [0.2, 0.25) is 0 Å². The normalized spacial score (nSPS) is 14.9. The molecule has 0 saturated carbocycles. The molecule has 202 valence electrons. The molecule has 10 heteroatoms. The van der Waals surface area contributed by atoms with Crippen molar-refractivity contribution in [3.63, 3.8) is 0 Å². The Balaban J connectivity index is 1.44. The largest absolute Gasteiger partial charge is 0.497 e. The number of hydrogen-bond donors (Lipinski definition) is 2. The molecular formula is C28H33N3O6S. The van der Waals surface area contributed by atoms with Gasteiger partial charge in [-0.3, -0.25) is 14.4 Å². The highest BCUT2D eigenvalue weighted by atomic mass is 32.2. The molecule has 0 aromatic heterocycles. The summed E-state index contributed by atoms with van der Waals surface area (Å²) in [5, 5.41) is 3.02. The van der Waals surface area contributed by atoms with Gasteiger partial charge in [0.15, 0.2) is 0 Å². The number of nitrogens with zero attached hydrogens (tertiary/aromatic N) is 1. The molecule has 1 atom stereocenters. The van der Waals surface area contributed by atoms with Gasteiger partial charge in [0.1, 0.15) is 11.5 Å². The molecule has 2 N–H and O–H groups in total. The Morgan fingerprint density at radius 3 is 2.34 bits per heavy atom. The number of methoxy groups -OCH3 is 1. The van der Waals surface area contributed by atoms with Crippen LogP contribution in [0.3, 0.4) is 0 Å². The van der Waals surface area contributed by atoms with Gasteiger partial charge in [0.05, 0.1) is 37.9 Å². The van der Waals surface area contributed by atoms with E-state index in [4.69, 9.17) is 14.2 Å². The van der Waals surface area contributed by atoms with E-state index in [-0.39, 0.29) is 16.8 Å². The maximum absolute atomic E-state index is 13.1. The minimum atomic E-state index is -3.84. The highest BCUT2D eigenvalue weighted by Gasteiger charge is 2.24. The Hall–Kier alpha value is -3.60. The van der Waals surface area contributed by atoms with Gasteiger partial charge in [0.25, 0.3) is 15.9 Å². The Morgan fingerprint density at radius 1 is 1.00 bits per heavy atom. The third-order valence-electron chi connectivity index (χ3n) is 6.27. The molecule has 0 bridgehead atoms. The topological polar surface area (TPSA) is 106 Å². The molecule has 1 saturated heterocycles. The summed E-state index contributed by atoms with van der Waals surface area (Å²) in [7, 11) is -2.21. The highest BCUT2D eigenvalue weighted by molar-refractivity contribution is 7.92. The van der Waals surface area contributed by atoms with E-state index >= 15 is 0 Å². The van der Waals surface area contributed by atoms with Crippen molar-refractivity contribution in [2.45, 2.75) is 17.9 Å². The highest BCUT2D eigenvalue weighted by Crippen LogP contribution is 2.24. The van der Waals surface area contributed by atoms with Gasteiger partial charge in [-0.1, -0.05) is 18.2 Å². The number of sulfonamides is 1. The van der Waals surface area contributed by atoms with Crippen LogP contribution in [0.5, 0.6) is 11.5 Å². The Bertz CT molecular complexity index is 1310. The second kappa shape index (κ2) is 12.8. The van der Waals surface area contributed by atoms with Gasteiger partial charge < -0.3 is 19.5 Å². The predicted octanol–water partition coefficient (Wildman–Crippen LogP) is 3.70. The van der Waals surface area contributed by atoms with Crippen molar-refractivity contribution < 1.29 is 27.4 Å². The summed E-state index contributed by atoms with van der Waals surface area (Å²) in [5.41, 5.74) is 1.71. The first-order valence-electron chi connectivity index (χ1n) is 12.5. The third-order valence-corrected chi connectivity index (χ3v) is 7.66. The number of amides is 1. The summed E-state index contributed by atoms with van der Waals surface area (Å²) in [5.74, 6) is 1.07. The molecule has 0 aliphatic carbocycles. The zero-order valence-electron chi connectivity index (χ0n) is 21.6. The summed E-state index contributed by atoms with van der Waals surface area (Å²) in [6, 6.07) is 20.4. The summed E-state index contributed by atoms with van der Waals surface area (Å²) in [6.45, 7) is 5.52. The lowest BCUT2D eigenvalue weighted by molar-refractivity contribution is 0.0162. The number of carbonyl (C=O) groups is 1. The van der Waals surface area contributed by atoms with Crippen LogP contribution >= 0.6 is 0 Å². The molecule has 1 fully saturated rings. The molecule has 1 aliphatic rings. The van der Waals surface area contributed by atoms with Crippen LogP contribution in [0.1, 0.15) is 28.9 Å². The van der Waals surface area contributed by atoms with E-state index in [9.17, 15) is 13.2 Å². The van der Waals surface area contributed by atoms with Gasteiger partial charge >= 0.3 is 0 Å². The van der Waals surface area contributed by atoms with Crippen molar-refractivity contribution in [3.8, 4) is 11.5 Å². The molecule has 0 radical (unpaired) electrons. The zero-order valence-corrected chi connectivity index (χ0v) is 22.4. The van der Waals surface area contributed by atoms with Crippen LogP contribution in [0.25, 0.3) is 0 Å². The van der Waals surface area contributed by atoms with E-state index in [2.05, 4.69) is 14.9 Å². The monoisotopic (exact) mass is 539 g/mol. The molecular weight excluding hydrogens is 506 g/mol. The first-order valence-corrected chi connectivity index (χ1v) is 14.0. The van der Waals surface area contributed by atoms with Crippen molar-refractivity contribution in [3.05, 3.63) is 83.9 Å². The predicted molar refractivity (Wildman–Crippen MR) is 145 cm³/mol. The fourth-order valence-corrected chi connectivity index (χ4v) is 5.33. The van der Waals surface area contributed by atoms with Gasteiger partial charge in [0, 0.05) is 30.9 Å². The van der Waals surface area contributed by atoms with Crippen LogP contribution in [-0.4, -0.2) is 65.8 Å². The van der Waals surface area contributed by atoms with Crippen LogP contribution in [0.4, 0.5) is 5.69 Å². The van der Waals surface area contributed by atoms with Crippen LogP contribution in [-0.2, 0) is 14.8 Å². The molecule has 4 rings (SSSR count). The second-order valence-electron chi connectivity index (χ2n) is 8.74. The smallest absolute Gasteiger partial charge is 0.261 e. The molecule has 0 unspecified atom stereocenters. The van der Waals surface area contributed by atoms with E-state index in [1.165, 1.54) is 18.2 Å². The van der Waals surface area contributed by atoms with Gasteiger partial charge in [-0.25, -0.2) is 8.42 Å². The third kappa shape index (κ3) is 7.03. The summed E-state index contributed by atoms with van der Waals surface area (Å²) in [6.07, 6.45) is 0. The molecule has 1 heterocycles. The van der Waals surface area contributed by atoms with Gasteiger partial charge in [-0.2, -0.15) is 0 Å². The lowest BCUT2D eigenvalue weighted by Gasteiger charge is -2.35. The average Bonchev–Trinajstić information content (AvgIpc) is 2.94. The lowest BCUT2D eigenvalue weighted by Crippen LogP contribution is -2.43. The van der Waals surface area contributed by atoms with E-state index in [0.29, 0.717) is 43.4 Å². The van der Waals surface area contributed by atoms with Crippen LogP contribution in [0.15, 0.2) is 77.7 Å². The zero-order chi connectivity index (χ0) is 27.0. The molecule has 1 aliphatic heterocycles. The number of anilines is 1. The van der Waals surface area contributed by atoms with Gasteiger partial charge in [-0.15, -0.1) is 0 Å². The van der Waals surface area contributed by atoms with E-state index in [1.54, 1.807) is 37.4 Å². The number of hydrogen-bond acceptors (Lipinski definition) is 7. The fraction of sp³-hybridized carbons (Fsp3) is 0.321. The minimum absolute atomic E-state index is 0.0462. The van der Waals surface area contributed by atoms with Crippen LogP contribution in [0, 0.1) is 0 Å². The number of benzene rings is 3. The molecule has 0 spiro atoms. The number of carbonyl (C=O) groups excluding carboxylic acids is 1. The lowest BCUT2D eigenvalue weighted by atomic mass is 10.0. The van der Waals surface area contributed by atoms with E-state index in [1.807, 2.05) is 31.2 Å². The standard InChI is InChI=1S/C28H33N3O6S/c1-3-37-25-11-13-26(14-12-25)38(33,34)30-23-6-4-5-22(19-23)28(32)29-20-27(31-15-17-36-18-16-31)21-7-9-24(35-2)10-8-21/h4-14,19,27,30H,3,15-18,20H2,1-2H3,(H,29,32)/t27-/m1/s1. The SMILES string of the molecule is CCOc1ccc(S(=O)(=O)Nc2cccc(C(=O)NC[C@H](c3ccc(OC)cc3)N3CCOCC3)c2)cc1. The Labute approximate surface area is 223 Å². The number of morpholine rings is 1. The van der Waals surface area contributed by atoms with E-state index < -0.39 is 10.0 Å². The fourth-order valence-electron chi connectivity index (χ4n) is 4.28. The molecule has 3 aromatic carbocycles. The van der Waals surface area contributed by atoms with E-state index in [0.717, 1.165) is 24.4 Å². The number of rotatable bonds is 11. The van der Waals surface area contributed by atoms with Crippen molar-refractivity contribution in [2.24, 2.45) is 0 Å². The summed E-state index contributed by atoms with van der Waals surface area (Å²) in [4.78, 5) is 15.5. The number of ether oxygens (including phenoxy) is 3. The number of nitrogens with one attached hydrogen (secondary N) is 2. The minimum Gasteiger partial charge on any atom is -0.497 e. The molecule has 1 amide bonds. The quantitative estimate of drug-likeness (QED) is 0.383. The second-order valence-corrected chi connectivity index (χ2v) is 10.4. The summed E-state index contributed by atoms with van der Waals surface area (Å²) >= 11 is 0. The maximum atomic E-state index is 13.1. The molecule has 38 heavy (non-hydrogen) atoms. The van der Waals surface area contributed by atoms with Crippen molar-refractivity contribution >= 4 is 21.6 Å². The van der Waals surface area contributed by atoms with Gasteiger partial charge in [-0.05, 0) is 67.1 Å². The Kier molecular flexibility index (Phi) is 9.22. The van der Waals surface area contributed by atoms with Crippen molar-refractivity contribution in [1.29, 1.82) is 0 Å². The summed E-state index contributed by atoms with van der Waals surface area (Å²) < 4.78 is 44.5. The molecule has 3 aromatic rings. The Morgan fingerprint density at radius 2 is 1.68 bits per heavy atom. The average molecular weight is 540 g/mol. The first-order chi connectivity index (χ1) is 18.4. The first kappa shape index (κ1) is 27.4. The van der Waals surface area contributed by atoms with Crippen LogP contribution in [0.2, 0.25) is 0 Å². The van der Waals surface area contributed by atoms with Crippen LogP contribution < -0.4 is 19.5 Å². The van der Waals surface area contributed by atoms with Crippen molar-refractivity contribution in [1.82, 2.24) is 10.2 Å². The maximum Gasteiger partial charge on any atom is 0.261 e.